The Morgan fingerprint density at radius 3 is 1.76 bits per heavy atom. The molecule has 0 aromatic heterocycles. The third-order valence-electron chi connectivity index (χ3n) is 2.73. The number of nitrogens with one attached hydrogen (secondary N) is 1. The molecule has 1 aromatic rings. The van der Waals surface area contributed by atoms with Gasteiger partial charge in [-0.3, -0.25) is 0 Å². The van der Waals surface area contributed by atoms with Gasteiger partial charge < -0.3 is 5.32 Å². The average molecular weight is 245 g/mol. The molecule has 1 rings (SSSR count). The van der Waals surface area contributed by atoms with Gasteiger partial charge in [0, 0.05) is 12.7 Å². The molecule has 0 saturated carbocycles. The average Bonchev–Trinajstić information content (AvgIpc) is 2.14. The third-order valence-corrected chi connectivity index (χ3v) is 2.73. The molecular formula is C13H18F3N. The van der Waals surface area contributed by atoms with Gasteiger partial charge in [-0.1, -0.05) is 32.9 Å². The van der Waals surface area contributed by atoms with Crippen molar-refractivity contribution in [2.75, 3.05) is 12.4 Å². The van der Waals surface area contributed by atoms with Gasteiger partial charge in [0.1, 0.15) is 0 Å². The molecule has 0 aliphatic heterocycles. The molecule has 17 heavy (non-hydrogen) atoms. The maximum Gasteiger partial charge on any atom is 0.396 e. The first-order valence-corrected chi connectivity index (χ1v) is 5.50. The first-order valence-electron chi connectivity index (χ1n) is 5.50. The van der Waals surface area contributed by atoms with Crippen molar-refractivity contribution in [1.82, 2.24) is 0 Å². The van der Waals surface area contributed by atoms with Gasteiger partial charge in [0.15, 0.2) is 0 Å². The maximum atomic E-state index is 13.1. The maximum absolute atomic E-state index is 13.1. The molecule has 1 atom stereocenters. The van der Waals surface area contributed by atoms with Gasteiger partial charge in [-0.05, 0) is 23.1 Å². The number of anilines is 1. The number of rotatable bonds is 2. The highest BCUT2D eigenvalue weighted by Gasteiger charge is 2.47. The van der Waals surface area contributed by atoms with Crippen molar-refractivity contribution in [3.63, 3.8) is 0 Å². The predicted molar refractivity (Wildman–Crippen MR) is 64.2 cm³/mol. The van der Waals surface area contributed by atoms with Crippen LogP contribution in [-0.2, 0) is 0 Å². The van der Waals surface area contributed by atoms with Crippen LogP contribution in [0.1, 0.15) is 32.3 Å². The van der Waals surface area contributed by atoms with Crippen LogP contribution >= 0.6 is 0 Å². The van der Waals surface area contributed by atoms with Crippen LogP contribution in [0.5, 0.6) is 0 Å². The van der Waals surface area contributed by atoms with Crippen LogP contribution in [0.3, 0.4) is 0 Å². The lowest BCUT2D eigenvalue weighted by molar-refractivity contribution is -0.171. The molecule has 0 spiro atoms. The lowest BCUT2D eigenvalue weighted by Gasteiger charge is -2.32. The molecule has 0 radical (unpaired) electrons. The van der Waals surface area contributed by atoms with Crippen LogP contribution in [-0.4, -0.2) is 13.2 Å². The Morgan fingerprint density at radius 1 is 1.00 bits per heavy atom. The molecule has 1 N–H and O–H groups in total. The molecule has 96 valence electrons. The molecule has 0 aliphatic rings. The lowest BCUT2D eigenvalue weighted by atomic mass is 9.76. The van der Waals surface area contributed by atoms with Crippen molar-refractivity contribution < 1.29 is 13.2 Å². The fourth-order valence-corrected chi connectivity index (χ4v) is 2.02. The third kappa shape index (κ3) is 3.38. The van der Waals surface area contributed by atoms with Crippen LogP contribution in [0, 0.1) is 5.41 Å². The summed E-state index contributed by atoms with van der Waals surface area (Å²) in [7, 11) is 1.74. The van der Waals surface area contributed by atoms with Crippen molar-refractivity contribution in [1.29, 1.82) is 0 Å². The summed E-state index contributed by atoms with van der Waals surface area (Å²) < 4.78 is 39.2. The van der Waals surface area contributed by atoms with E-state index in [1.54, 1.807) is 40.0 Å². The van der Waals surface area contributed by atoms with Crippen LogP contribution in [0.25, 0.3) is 0 Å². The molecule has 0 bridgehead atoms. The summed E-state index contributed by atoms with van der Waals surface area (Å²) >= 11 is 0. The van der Waals surface area contributed by atoms with E-state index in [1.807, 2.05) is 0 Å². The van der Waals surface area contributed by atoms with E-state index in [0.717, 1.165) is 5.69 Å². The summed E-state index contributed by atoms with van der Waals surface area (Å²) in [5, 5.41) is 2.89. The highest BCUT2D eigenvalue weighted by Crippen LogP contribution is 2.46. The summed E-state index contributed by atoms with van der Waals surface area (Å²) in [4.78, 5) is 0. The van der Waals surface area contributed by atoms with Gasteiger partial charge in [0.05, 0.1) is 5.92 Å². The zero-order chi connectivity index (χ0) is 13.3. The van der Waals surface area contributed by atoms with E-state index in [4.69, 9.17) is 0 Å². The highest BCUT2D eigenvalue weighted by molar-refractivity contribution is 5.45. The van der Waals surface area contributed by atoms with Crippen molar-refractivity contribution in [2.45, 2.75) is 32.9 Å². The van der Waals surface area contributed by atoms with E-state index in [1.165, 1.54) is 12.1 Å². The van der Waals surface area contributed by atoms with Crippen molar-refractivity contribution in [3.8, 4) is 0 Å². The predicted octanol–water partition coefficient (Wildman–Crippen LogP) is 4.42. The van der Waals surface area contributed by atoms with Gasteiger partial charge in [-0.2, -0.15) is 13.2 Å². The Kier molecular flexibility index (Phi) is 3.74. The SMILES string of the molecule is CNc1ccc(C(C(C)(C)C)C(F)(F)F)cc1. The summed E-state index contributed by atoms with van der Waals surface area (Å²) in [5.41, 5.74) is 0.270. The molecule has 1 aromatic carbocycles. The Labute approximate surface area is 100 Å². The summed E-state index contributed by atoms with van der Waals surface area (Å²) in [5.74, 6) is -1.44. The molecule has 0 aliphatic carbocycles. The molecule has 1 unspecified atom stereocenters. The zero-order valence-corrected chi connectivity index (χ0v) is 10.5. The minimum Gasteiger partial charge on any atom is -0.388 e. The Morgan fingerprint density at radius 2 is 1.47 bits per heavy atom. The van der Waals surface area contributed by atoms with E-state index >= 15 is 0 Å². The first kappa shape index (κ1) is 13.9. The van der Waals surface area contributed by atoms with E-state index in [9.17, 15) is 13.2 Å². The van der Waals surface area contributed by atoms with Crippen LogP contribution in [0.4, 0.5) is 18.9 Å². The normalized spacial score (nSPS) is 14.5. The Balaban J connectivity index is 3.14. The minimum absolute atomic E-state index is 0.309. The lowest BCUT2D eigenvalue weighted by Crippen LogP contribution is -2.32. The molecule has 0 saturated heterocycles. The van der Waals surface area contributed by atoms with Crippen LogP contribution in [0.2, 0.25) is 0 Å². The fourth-order valence-electron chi connectivity index (χ4n) is 2.02. The molecule has 0 heterocycles. The topological polar surface area (TPSA) is 12.0 Å². The molecule has 0 fully saturated rings. The number of benzene rings is 1. The summed E-state index contributed by atoms with van der Waals surface area (Å²) in [6, 6.07) is 6.41. The molecule has 4 heteroatoms. The summed E-state index contributed by atoms with van der Waals surface area (Å²) in [6.45, 7) is 4.82. The van der Waals surface area contributed by atoms with E-state index in [0.29, 0.717) is 5.56 Å². The monoisotopic (exact) mass is 245 g/mol. The molecule has 0 amide bonds. The zero-order valence-electron chi connectivity index (χ0n) is 10.5. The first-order chi connectivity index (χ1) is 7.66. The second kappa shape index (κ2) is 4.59. The van der Waals surface area contributed by atoms with E-state index in [2.05, 4.69) is 5.32 Å². The fraction of sp³-hybridized carbons (Fsp3) is 0.538. The molecule has 1 nitrogen and oxygen atoms in total. The standard InChI is InChI=1S/C13H18F3N/c1-12(2,3)11(13(14,15)16)9-5-7-10(17-4)8-6-9/h5-8,11,17H,1-4H3. The number of alkyl halides is 3. The highest BCUT2D eigenvalue weighted by atomic mass is 19.4. The second-order valence-corrected chi connectivity index (χ2v) is 5.21. The number of halogens is 3. The van der Waals surface area contributed by atoms with Crippen LogP contribution in [0.15, 0.2) is 24.3 Å². The van der Waals surface area contributed by atoms with E-state index in [-0.39, 0.29) is 0 Å². The minimum atomic E-state index is -4.22. The van der Waals surface area contributed by atoms with Gasteiger partial charge in [-0.15, -0.1) is 0 Å². The smallest absolute Gasteiger partial charge is 0.388 e. The van der Waals surface area contributed by atoms with Crippen molar-refractivity contribution in [3.05, 3.63) is 29.8 Å². The second-order valence-electron chi connectivity index (χ2n) is 5.21. The largest absolute Gasteiger partial charge is 0.396 e. The Hall–Kier alpha value is -1.19. The number of hydrogen-bond donors (Lipinski definition) is 1. The van der Waals surface area contributed by atoms with Crippen molar-refractivity contribution >= 4 is 5.69 Å². The number of hydrogen-bond acceptors (Lipinski definition) is 1. The Bertz CT molecular complexity index is 346. The van der Waals surface area contributed by atoms with Gasteiger partial charge >= 0.3 is 6.18 Å². The van der Waals surface area contributed by atoms with Gasteiger partial charge in [-0.25, -0.2) is 0 Å². The van der Waals surface area contributed by atoms with Gasteiger partial charge in [0.2, 0.25) is 0 Å². The quantitative estimate of drug-likeness (QED) is 0.813. The molecular weight excluding hydrogens is 227 g/mol. The van der Waals surface area contributed by atoms with Crippen molar-refractivity contribution in [2.24, 2.45) is 5.41 Å². The van der Waals surface area contributed by atoms with Crippen LogP contribution < -0.4 is 5.32 Å². The van der Waals surface area contributed by atoms with E-state index < -0.39 is 17.5 Å². The van der Waals surface area contributed by atoms with Gasteiger partial charge in [0.25, 0.3) is 0 Å². The summed E-state index contributed by atoms with van der Waals surface area (Å²) in [6.07, 6.45) is -4.22.